The topological polar surface area (TPSA) is 59.9 Å². The fraction of sp³-hybridized carbons (Fsp3) is 0.682. The summed E-state index contributed by atoms with van der Waals surface area (Å²) in [4.78, 5) is 7.27. The molecule has 3 rings (SSSR count). The zero-order valence-corrected chi connectivity index (χ0v) is 17.0. The Labute approximate surface area is 164 Å². The molecule has 1 saturated heterocycles. The van der Waals surface area contributed by atoms with Crippen LogP contribution in [0.3, 0.4) is 0 Å². The lowest BCUT2D eigenvalue weighted by molar-refractivity contribution is 0.0573. The minimum absolute atomic E-state index is 0.433. The van der Waals surface area contributed by atoms with Crippen molar-refractivity contribution in [3.05, 3.63) is 35.9 Å². The summed E-state index contributed by atoms with van der Waals surface area (Å²) >= 11 is 0. The van der Waals surface area contributed by atoms with Gasteiger partial charge in [0.15, 0.2) is 5.96 Å². The van der Waals surface area contributed by atoms with E-state index in [2.05, 4.69) is 59.7 Å². The van der Waals surface area contributed by atoms with Crippen LogP contribution in [0.15, 0.2) is 35.3 Å². The number of aliphatic hydroxyl groups is 1. The average molecular weight is 373 g/mol. The van der Waals surface area contributed by atoms with Crippen molar-refractivity contribution in [3.63, 3.8) is 0 Å². The van der Waals surface area contributed by atoms with Crippen LogP contribution in [-0.4, -0.2) is 53.3 Å². The second kappa shape index (κ2) is 9.56. The molecule has 3 N–H and O–H groups in total. The van der Waals surface area contributed by atoms with Crippen molar-refractivity contribution in [3.8, 4) is 0 Å². The van der Waals surface area contributed by atoms with Crippen molar-refractivity contribution >= 4 is 5.96 Å². The summed E-state index contributed by atoms with van der Waals surface area (Å²) in [5.74, 6) is 0.853. The highest BCUT2D eigenvalue weighted by atomic mass is 16.3. The Hall–Kier alpha value is -1.59. The molecule has 0 bridgehead atoms. The highest BCUT2D eigenvalue weighted by Gasteiger charge is 2.31. The van der Waals surface area contributed by atoms with E-state index in [0.717, 1.165) is 64.1 Å². The summed E-state index contributed by atoms with van der Waals surface area (Å²) in [5, 5.41) is 17.5. The second-order valence-electron chi connectivity index (χ2n) is 8.30. The van der Waals surface area contributed by atoms with Crippen LogP contribution >= 0.6 is 0 Å². The number of nitrogens with zero attached hydrogens (tertiary/aromatic N) is 2. The highest BCUT2D eigenvalue weighted by Crippen LogP contribution is 2.29. The molecule has 1 aliphatic carbocycles. The van der Waals surface area contributed by atoms with Gasteiger partial charge in [-0.15, -0.1) is 0 Å². The molecule has 0 amide bonds. The van der Waals surface area contributed by atoms with E-state index in [0.29, 0.717) is 18.6 Å². The minimum atomic E-state index is -0.589. The Morgan fingerprint density at radius 3 is 2.67 bits per heavy atom. The van der Waals surface area contributed by atoms with Crippen LogP contribution < -0.4 is 10.6 Å². The third-order valence-corrected chi connectivity index (χ3v) is 5.99. The largest absolute Gasteiger partial charge is 0.388 e. The van der Waals surface area contributed by atoms with Gasteiger partial charge in [-0.1, -0.05) is 43.2 Å². The smallest absolute Gasteiger partial charge is 0.191 e. The van der Waals surface area contributed by atoms with Gasteiger partial charge in [-0.05, 0) is 45.1 Å². The van der Waals surface area contributed by atoms with Gasteiger partial charge in [0.2, 0.25) is 0 Å². The monoisotopic (exact) mass is 372 g/mol. The van der Waals surface area contributed by atoms with E-state index in [1.807, 2.05) is 0 Å². The first-order valence-corrected chi connectivity index (χ1v) is 10.6. The lowest BCUT2D eigenvalue weighted by Gasteiger charge is -2.38. The van der Waals surface area contributed by atoms with Crippen molar-refractivity contribution in [2.45, 2.75) is 76.6 Å². The number of likely N-dealkylation sites (tertiary alicyclic amines) is 1. The van der Waals surface area contributed by atoms with E-state index < -0.39 is 5.60 Å². The maximum atomic E-state index is 10.6. The normalized spacial score (nSPS) is 26.1. The first kappa shape index (κ1) is 20.2. The summed E-state index contributed by atoms with van der Waals surface area (Å²) in [7, 11) is 0. The summed E-state index contributed by atoms with van der Waals surface area (Å²) in [6.07, 6.45) is 6.23. The number of guanidine groups is 1. The van der Waals surface area contributed by atoms with Crippen LogP contribution in [0.25, 0.3) is 0 Å². The number of nitrogens with one attached hydrogen (secondary N) is 2. The Bertz CT molecular complexity index is 598. The molecule has 5 nitrogen and oxygen atoms in total. The molecule has 2 unspecified atom stereocenters. The van der Waals surface area contributed by atoms with Crippen molar-refractivity contribution < 1.29 is 5.11 Å². The summed E-state index contributed by atoms with van der Waals surface area (Å²) in [6.45, 7) is 7.87. The fourth-order valence-corrected chi connectivity index (χ4v) is 4.34. The Kier molecular flexibility index (Phi) is 7.13. The van der Waals surface area contributed by atoms with Crippen LogP contribution in [0.2, 0.25) is 0 Å². The predicted octanol–water partition coefficient (Wildman–Crippen LogP) is 2.90. The third kappa shape index (κ3) is 5.94. The molecule has 0 aromatic heterocycles. The van der Waals surface area contributed by atoms with E-state index in [1.54, 1.807) is 0 Å². The molecule has 0 spiro atoms. The SMILES string of the molecule is CCNC(=NCC1(O)CCCC1)NC1CCN(Cc2ccccc2)C(C)C1. The molecule has 1 aromatic rings. The number of hydrogen-bond donors (Lipinski definition) is 3. The molecule has 1 aliphatic heterocycles. The van der Waals surface area contributed by atoms with Gasteiger partial charge in [-0.3, -0.25) is 9.89 Å². The number of piperidine rings is 1. The van der Waals surface area contributed by atoms with Gasteiger partial charge in [-0.25, -0.2) is 0 Å². The van der Waals surface area contributed by atoms with Crippen molar-refractivity contribution in [2.24, 2.45) is 4.99 Å². The van der Waals surface area contributed by atoms with Crippen molar-refractivity contribution in [1.29, 1.82) is 0 Å². The molecule has 2 aliphatic rings. The van der Waals surface area contributed by atoms with Gasteiger partial charge < -0.3 is 15.7 Å². The van der Waals surface area contributed by atoms with Crippen LogP contribution in [0.1, 0.15) is 57.9 Å². The Morgan fingerprint density at radius 2 is 2.00 bits per heavy atom. The number of aliphatic imine (C=N–C) groups is 1. The Morgan fingerprint density at radius 1 is 1.26 bits per heavy atom. The summed E-state index contributed by atoms with van der Waals surface area (Å²) < 4.78 is 0. The molecule has 1 saturated carbocycles. The predicted molar refractivity (Wildman–Crippen MR) is 112 cm³/mol. The highest BCUT2D eigenvalue weighted by molar-refractivity contribution is 5.80. The molecule has 2 fully saturated rings. The zero-order chi connectivity index (χ0) is 19.1. The quantitative estimate of drug-likeness (QED) is 0.531. The first-order valence-electron chi connectivity index (χ1n) is 10.6. The maximum absolute atomic E-state index is 10.6. The number of benzene rings is 1. The van der Waals surface area contributed by atoms with E-state index >= 15 is 0 Å². The average Bonchev–Trinajstić information content (AvgIpc) is 3.10. The van der Waals surface area contributed by atoms with Crippen LogP contribution in [0, 0.1) is 0 Å². The standard InChI is InChI=1S/C22H36N4O/c1-3-23-21(24-17-22(27)12-7-8-13-22)25-20-11-14-26(18(2)15-20)16-19-9-5-4-6-10-19/h4-6,9-10,18,20,27H,3,7-8,11-17H2,1-2H3,(H2,23,24,25). The lowest BCUT2D eigenvalue weighted by atomic mass is 9.97. The first-order chi connectivity index (χ1) is 13.1. The Balaban J connectivity index is 1.52. The molecule has 27 heavy (non-hydrogen) atoms. The molecular weight excluding hydrogens is 336 g/mol. The number of hydrogen-bond acceptors (Lipinski definition) is 3. The van der Waals surface area contributed by atoms with Gasteiger partial charge >= 0.3 is 0 Å². The summed E-state index contributed by atoms with van der Waals surface area (Å²) in [5.41, 5.74) is 0.796. The molecule has 1 heterocycles. The van der Waals surface area contributed by atoms with E-state index in [4.69, 9.17) is 4.99 Å². The van der Waals surface area contributed by atoms with Gasteiger partial charge in [-0.2, -0.15) is 0 Å². The second-order valence-corrected chi connectivity index (χ2v) is 8.30. The maximum Gasteiger partial charge on any atom is 0.191 e. The van der Waals surface area contributed by atoms with E-state index in [9.17, 15) is 5.11 Å². The molecule has 1 aromatic carbocycles. The van der Waals surface area contributed by atoms with E-state index in [1.165, 1.54) is 5.56 Å². The van der Waals surface area contributed by atoms with Crippen LogP contribution in [0.5, 0.6) is 0 Å². The van der Waals surface area contributed by atoms with Crippen LogP contribution in [-0.2, 0) is 6.54 Å². The van der Waals surface area contributed by atoms with Crippen molar-refractivity contribution in [2.75, 3.05) is 19.6 Å². The number of rotatable bonds is 6. The molecular formula is C22H36N4O. The molecule has 0 radical (unpaired) electrons. The molecule has 2 atom stereocenters. The third-order valence-electron chi connectivity index (χ3n) is 5.99. The van der Waals surface area contributed by atoms with Crippen molar-refractivity contribution in [1.82, 2.24) is 15.5 Å². The zero-order valence-electron chi connectivity index (χ0n) is 17.0. The minimum Gasteiger partial charge on any atom is -0.388 e. The van der Waals surface area contributed by atoms with Gasteiger partial charge in [0.1, 0.15) is 0 Å². The summed E-state index contributed by atoms with van der Waals surface area (Å²) in [6, 6.07) is 11.7. The van der Waals surface area contributed by atoms with Gasteiger partial charge in [0.25, 0.3) is 0 Å². The van der Waals surface area contributed by atoms with Crippen LogP contribution in [0.4, 0.5) is 0 Å². The lowest BCUT2D eigenvalue weighted by Crippen LogP contribution is -2.51. The van der Waals surface area contributed by atoms with Gasteiger partial charge in [0.05, 0.1) is 12.1 Å². The molecule has 150 valence electrons. The van der Waals surface area contributed by atoms with E-state index in [-0.39, 0.29) is 0 Å². The fourth-order valence-electron chi connectivity index (χ4n) is 4.34. The molecule has 5 heteroatoms. The van der Waals surface area contributed by atoms with Gasteiger partial charge in [0, 0.05) is 31.7 Å².